The molecule has 26 heteroatoms. The summed E-state index contributed by atoms with van der Waals surface area (Å²) < 4.78 is 134. The van der Waals surface area contributed by atoms with Crippen LogP contribution in [0.4, 0.5) is 0 Å². The molecule has 406 valence electrons. The summed E-state index contributed by atoms with van der Waals surface area (Å²) >= 11 is 0. The molecule has 69 heavy (non-hydrogen) atoms. The molecule has 5 rings (SSSR count). The van der Waals surface area contributed by atoms with Gasteiger partial charge < -0.3 is 125 Å². The Morgan fingerprint density at radius 2 is 0.536 bits per heavy atom. The van der Waals surface area contributed by atoms with E-state index in [1.54, 1.807) is 0 Å². The third kappa shape index (κ3) is 13.1. The molecule has 25 atom stereocenters. The minimum absolute atomic E-state index is 0.0107. The van der Waals surface area contributed by atoms with E-state index >= 15 is 0 Å². The van der Waals surface area contributed by atoms with Gasteiger partial charge in [0.15, 0.2) is 31.5 Å². The van der Waals surface area contributed by atoms with Gasteiger partial charge in [0.05, 0.1) is 33.0 Å². The number of methoxy groups -OCH3 is 13. The summed E-state index contributed by atoms with van der Waals surface area (Å²) in [4.78, 5) is 0. The zero-order chi connectivity index (χ0) is 50.5. The van der Waals surface area contributed by atoms with Crippen LogP contribution in [0.5, 0.6) is 0 Å². The monoisotopic (exact) mass is 1010 g/mol. The van der Waals surface area contributed by atoms with Crippen LogP contribution >= 0.6 is 0 Å². The molecule has 4 N–H and O–H groups in total. The number of rotatable bonds is 26. The van der Waals surface area contributed by atoms with Gasteiger partial charge in [0, 0.05) is 92.4 Å². The molecule has 5 aliphatic heterocycles. The first-order valence-corrected chi connectivity index (χ1v) is 22.6. The van der Waals surface area contributed by atoms with Crippen LogP contribution in [0.1, 0.15) is 0 Å². The Labute approximate surface area is 403 Å². The third-order valence-electron chi connectivity index (χ3n) is 13.1. The zero-order valence-corrected chi connectivity index (χ0v) is 41.7. The number of aliphatic hydroxyl groups is 4. The van der Waals surface area contributed by atoms with Crippen LogP contribution in [0.25, 0.3) is 0 Å². The van der Waals surface area contributed by atoms with Crippen molar-refractivity contribution < 1.29 is 125 Å². The standard InChI is InChI=1S/C43H78O26/c1-48-15-20-28(31(52-5)35(56-9)40(60-13)62-20)67-42-37(58-11)33(54-7)30(22(64-42)17-50-3)69-43-38(59-12)34(55-8)29(23(65-43)18-51-4)68-41-36(57-10)32(53-6)27(21(63-41)16-49-2)66-39-26(47)25(46)24(45)19(14-44)61-39/h19-47H,14-18H2,1-13H3/t19-,20-,21+,22+,23-,24-,25+,26-,27+,28-,29-,30+,31+,32-,33-,34+,35-,36+,37+,38-,39+,40?,41-,42-,43+/m1/s1. The zero-order valence-electron chi connectivity index (χ0n) is 41.7. The first kappa shape index (κ1) is 58.8. The molecule has 5 aliphatic rings. The van der Waals surface area contributed by atoms with Crippen LogP contribution in [0, 0.1) is 0 Å². The average Bonchev–Trinajstić information content (AvgIpc) is 3.35. The molecule has 0 radical (unpaired) electrons. The molecule has 1 unspecified atom stereocenters. The van der Waals surface area contributed by atoms with Gasteiger partial charge in [0.25, 0.3) is 0 Å². The molecule has 0 aromatic heterocycles. The van der Waals surface area contributed by atoms with Crippen molar-refractivity contribution in [3.05, 3.63) is 0 Å². The van der Waals surface area contributed by atoms with E-state index in [4.69, 9.17) is 104 Å². The minimum Gasteiger partial charge on any atom is -0.394 e. The van der Waals surface area contributed by atoms with Crippen LogP contribution in [-0.2, 0) is 104 Å². The normalized spacial score (nSPS) is 45.4. The summed E-state index contributed by atoms with van der Waals surface area (Å²) in [5, 5.41) is 41.5. The van der Waals surface area contributed by atoms with Crippen molar-refractivity contribution in [3.8, 4) is 0 Å². The molecule has 5 saturated heterocycles. The van der Waals surface area contributed by atoms with Gasteiger partial charge in [-0.15, -0.1) is 0 Å². The molecule has 5 fully saturated rings. The molecule has 26 nitrogen and oxygen atoms in total. The largest absolute Gasteiger partial charge is 0.394 e. The van der Waals surface area contributed by atoms with Gasteiger partial charge in [-0.2, -0.15) is 0 Å². The lowest BCUT2D eigenvalue weighted by molar-refractivity contribution is -0.398. The second-order valence-corrected chi connectivity index (χ2v) is 16.9. The molecule has 0 spiro atoms. The summed E-state index contributed by atoms with van der Waals surface area (Å²) in [6.07, 6.45) is -26.4. The Balaban J connectivity index is 1.40. The van der Waals surface area contributed by atoms with Crippen molar-refractivity contribution in [3.63, 3.8) is 0 Å². The Morgan fingerprint density at radius 1 is 0.275 bits per heavy atom. The highest BCUT2D eigenvalue weighted by Crippen LogP contribution is 2.39. The summed E-state index contributed by atoms with van der Waals surface area (Å²) in [5.41, 5.74) is 0. The van der Waals surface area contributed by atoms with Crippen molar-refractivity contribution in [2.24, 2.45) is 0 Å². The minimum atomic E-state index is -1.71. The second-order valence-electron chi connectivity index (χ2n) is 16.9. The lowest BCUT2D eigenvalue weighted by Gasteiger charge is -2.52. The van der Waals surface area contributed by atoms with Gasteiger partial charge in [-0.25, -0.2) is 0 Å². The maximum Gasteiger partial charge on any atom is 0.187 e. The molecule has 0 aliphatic carbocycles. The predicted octanol–water partition coefficient (Wildman–Crippen LogP) is -3.42. The highest BCUT2D eigenvalue weighted by Gasteiger charge is 2.58. The molecule has 0 aromatic rings. The van der Waals surface area contributed by atoms with Crippen molar-refractivity contribution in [1.82, 2.24) is 0 Å². The van der Waals surface area contributed by atoms with Crippen molar-refractivity contribution >= 4 is 0 Å². The highest BCUT2D eigenvalue weighted by atomic mass is 16.8. The first-order chi connectivity index (χ1) is 33.4. The summed E-state index contributed by atoms with van der Waals surface area (Å²) in [6, 6.07) is 0. The lowest BCUT2D eigenvalue weighted by atomic mass is 9.94. The number of hydrogen-bond acceptors (Lipinski definition) is 26. The van der Waals surface area contributed by atoms with E-state index in [-0.39, 0.29) is 26.4 Å². The van der Waals surface area contributed by atoms with Gasteiger partial charge in [-0.05, 0) is 0 Å². The summed E-state index contributed by atoms with van der Waals surface area (Å²) in [7, 11) is 19.3. The van der Waals surface area contributed by atoms with E-state index in [0.29, 0.717) is 0 Å². The molecule has 0 aromatic carbocycles. The average molecular weight is 1010 g/mol. The van der Waals surface area contributed by atoms with E-state index in [2.05, 4.69) is 0 Å². The van der Waals surface area contributed by atoms with Crippen LogP contribution < -0.4 is 0 Å². The summed E-state index contributed by atoms with van der Waals surface area (Å²) in [5.74, 6) is 0. The van der Waals surface area contributed by atoms with Gasteiger partial charge in [0.1, 0.15) is 122 Å². The lowest BCUT2D eigenvalue weighted by Crippen LogP contribution is -2.69. The Morgan fingerprint density at radius 3 is 0.797 bits per heavy atom. The van der Waals surface area contributed by atoms with Crippen molar-refractivity contribution in [2.45, 2.75) is 154 Å². The van der Waals surface area contributed by atoms with Crippen LogP contribution in [-0.4, -0.2) is 299 Å². The van der Waals surface area contributed by atoms with Crippen molar-refractivity contribution in [2.75, 3.05) is 125 Å². The van der Waals surface area contributed by atoms with Gasteiger partial charge in [-0.1, -0.05) is 0 Å². The molecule has 5 heterocycles. The fraction of sp³-hybridized carbons (Fsp3) is 1.00. The fourth-order valence-corrected chi connectivity index (χ4v) is 9.75. The van der Waals surface area contributed by atoms with E-state index in [0.717, 1.165) is 0 Å². The molecule has 0 amide bonds. The van der Waals surface area contributed by atoms with Gasteiger partial charge >= 0.3 is 0 Å². The number of aliphatic hydroxyl groups excluding tert-OH is 4. The second kappa shape index (κ2) is 28.6. The third-order valence-corrected chi connectivity index (χ3v) is 13.1. The topological polar surface area (TPSA) is 284 Å². The van der Waals surface area contributed by atoms with E-state index in [9.17, 15) is 20.4 Å². The number of ether oxygens (including phenoxy) is 22. The van der Waals surface area contributed by atoms with E-state index in [1.165, 1.54) is 92.4 Å². The molecular weight excluding hydrogens is 932 g/mol. The Kier molecular flexibility index (Phi) is 24.4. The summed E-state index contributed by atoms with van der Waals surface area (Å²) in [6.45, 7) is -0.640. The van der Waals surface area contributed by atoms with Crippen molar-refractivity contribution in [1.29, 1.82) is 0 Å². The predicted molar refractivity (Wildman–Crippen MR) is 229 cm³/mol. The maximum absolute atomic E-state index is 10.8. The van der Waals surface area contributed by atoms with E-state index in [1.807, 2.05) is 0 Å². The van der Waals surface area contributed by atoms with Crippen LogP contribution in [0.2, 0.25) is 0 Å². The number of hydrogen-bond donors (Lipinski definition) is 4. The van der Waals surface area contributed by atoms with Crippen LogP contribution in [0.3, 0.4) is 0 Å². The van der Waals surface area contributed by atoms with Gasteiger partial charge in [-0.3, -0.25) is 0 Å². The highest BCUT2D eigenvalue weighted by molar-refractivity contribution is 5.01. The smallest absolute Gasteiger partial charge is 0.187 e. The van der Waals surface area contributed by atoms with E-state index < -0.39 is 160 Å². The van der Waals surface area contributed by atoms with Crippen LogP contribution in [0.15, 0.2) is 0 Å². The fourth-order valence-electron chi connectivity index (χ4n) is 9.75. The van der Waals surface area contributed by atoms with Gasteiger partial charge in [0.2, 0.25) is 0 Å². The maximum atomic E-state index is 10.8. The SMILES string of the molecule is COC[C@@H]1O[C@H](O[C@H]2[C@H](OC)[C@@H](OC)[C@H](O[C@@H]3[C@@H](OC)[C@H](OC)[C@@H](O[C@H]4[C@H](OC)[C@@H](OC)C(OC)O[C@@H]4COC)O[C@H]3COC)O[C@@H]2COC)[C@@H](OC)[C@H](OC)[C@H]1O[C@@H]1O[C@H](CO)[C@@H](O)[C@H](O)[C@H]1O. The first-order valence-electron chi connectivity index (χ1n) is 22.6. The quantitative estimate of drug-likeness (QED) is 0.0657. The Hall–Kier alpha value is -1.04. The molecule has 0 bridgehead atoms. The molecule has 0 saturated carbocycles. The molecular formula is C43H78O26. The Bertz CT molecular complexity index is 1430.